The molecule has 3 aromatic rings. The summed E-state index contributed by atoms with van der Waals surface area (Å²) >= 11 is 0. The van der Waals surface area contributed by atoms with Gasteiger partial charge in [0.05, 0.1) is 12.3 Å². The fourth-order valence-electron chi connectivity index (χ4n) is 5.20. The lowest BCUT2D eigenvalue weighted by molar-refractivity contribution is -0.117. The first kappa shape index (κ1) is 23.8. The molecule has 186 valence electrons. The Morgan fingerprint density at radius 3 is 2.36 bits per heavy atom. The third kappa shape index (κ3) is 3.96. The number of anilines is 2. The summed E-state index contributed by atoms with van der Waals surface area (Å²) < 4.78 is 6.85. The molecule has 0 N–H and O–H groups in total. The summed E-state index contributed by atoms with van der Waals surface area (Å²) in [6, 6.07) is 11.7. The van der Waals surface area contributed by atoms with Crippen molar-refractivity contribution < 1.29 is 19.1 Å². The molecule has 0 atom stereocenters. The van der Waals surface area contributed by atoms with E-state index < -0.39 is 5.97 Å². The Balaban J connectivity index is 1.58. The van der Waals surface area contributed by atoms with Crippen LogP contribution in [0.25, 0.3) is 5.69 Å². The third-order valence-corrected chi connectivity index (χ3v) is 6.92. The van der Waals surface area contributed by atoms with Crippen molar-refractivity contribution in [3.05, 3.63) is 70.0 Å². The van der Waals surface area contributed by atoms with Gasteiger partial charge in [-0.15, -0.1) is 0 Å². The molecule has 0 aliphatic carbocycles. The summed E-state index contributed by atoms with van der Waals surface area (Å²) in [4.78, 5) is 42.5. The van der Waals surface area contributed by atoms with Crippen LogP contribution >= 0.6 is 0 Å². The van der Waals surface area contributed by atoms with Crippen molar-refractivity contribution in [2.75, 3.05) is 29.5 Å². The van der Waals surface area contributed by atoms with E-state index in [1.54, 1.807) is 21.4 Å². The zero-order chi connectivity index (χ0) is 25.6. The number of nitrogens with zero attached hydrogens (tertiary/aromatic N) is 4. The van der Waals surface area contributed by atoms with E-state index in [4.69, 9.17) is 4.74 Å². The Morgan fingerprint density at radius 1 is 0.944 bits per heavy atom. The zero-order valence-electron chi connectivity index (χ0n) is 21.1. The van der Waals surface area contributed by atoms with Crippen molar-refractivity contribution >= 4 is 29.2 Å². The van der Waals surface area contributed by atoms with Crippen molar-refractivity contribution in [1.29, 1.82) is 0 Å². The molecule has 0 bridgehead atoms. The van der Waals surface area contributed by atoms with Crippen LogP contribution < -0.4 is 9.80 Å². The number of fused-ring (bicyclic) bond motifs is 1. The van der Waals surface area contributed by atoms with E-state index in [9.17, 15) is 14.4 Å². The molecule has 1 aromatic heterocycles. The fraction of sp³-hybridized carbons (Fsp3) is 0.357. The van der Waals surface area contributed by atoms with Crippen molar-refractivity contribution in [3.63, 3.8) is 0 Å². The van der Waals surface area contributed by atoms with Gasteiger partial charge in [-0.25, -0.2) is 9.48 Å². The highest BCUT2D eigenvalue weighted by molar-refractivity contribution is 6.09. The van der Waals surface area contributed by atoms with Crippen LogP contribution in [-0.2, 0) is 16.0 Å². The second-order valence-electron chi connectivity index (χ2n) is 9.42. The molecule has 2 aliphatic rings. The SMILES string of the molecule is CCOC(=O)c1nn(-c2ccc(C)cc2C)c2c1CCN(c1ccc(N3CCCC3=O)cc1C)C2=O. The van der Waals surface area contributed by atoms with Crippen molar-refractivity contribution in [1.82, 2.24) is 9.78 Å². The summed E-state index contributed by atoms with van der Waals surface area (Å²) in [6.45, 7) is 9.04. The average Bonchev–Trinajstić information content (AvgIpc) is 3.44. The van der Waals surface area contributed by atoms with E-state index in [2.05, 4.69) is 5.10 Å². The number of aryl methyl sites for hydroxylation is 3. The summed E-state index contributed by atoms with van der Waals surface area (Å²) in [7, 11) is 0. The maximum Gasteiger partial charge on any atom is 0.359 e. The predicted molar refractivity (Wildman–Crippen MR) is 137 cm³/mol. The second kappa shape index (κ2) is 9.26. The molecule has 0 saturated carbocycles. The van der Waals surface area contributed by atoms with E-state index in [0.717, 1.165) is 46.7 Å². The topological polar surface area (TPSA) is 84.7 Å². The van der Waals surface area contributed by atoms with Crippen LogP contribution in [0.4, 0.5) is 11.4 Å². The van der Waals surface area contributed by atoms with E-state index in [1.807, 2.05) is 57.2 Å². The zero-order valence-corrected chi connectivity index (χ0v) is 21.1. The van der Waals surface area contributed by atoms with E-state index in [-0.39, 0.29) is 24.1 Å². The monoisotopic (exact) mass is 486 g/mol. The minimum atomic E-state index is -0.519. The first-order valence-corrected chi connectivity index (χ1v) is 12.4. The van der Waals surface area contributed by atoms with Crippen molar-refractivity contribution in [2.24, 2.45) is 0 Å². The minimum absolute atomic E-state index is 0.129. The van der Waals surface area contributed by atoms with Crippen molar-refractivity contribution in [3.8, 4) is 5.69 Å². The molecular weight excluding hydrogens is 456 g/mol. The molecular formula is C28H30N4O4. The van der Waals surface area contributed by atoms with Gasteiger partial charge in [-0.2, -0.15) is 5.10 Å². The molecule has 8 heteroatoms. The normalized spacial score (nSPS) is 15.4. The van der Waals surface area contributed by atoms with Crippen LogP contribution in [0.15, 0.2) is 36.4 Å². The Kier molecular flexibility index (Phi) is 6.12. The smallest absolute Gasteiger partial charge is 0.359 e. The van der Waals surface area contributed by atoms with Gasteiger partial charge in [-0.3, -0.25) is 9.59 Å². The highest BCUT2D eigenvalue weighted by Gasteiger charge is 2.36. The van der Waals surface area contributed by atoms with Crippen LogP contribution in [0.1, 0.15) is 63.0 Å². The van der Waals surface area contributed by atoms with Gasteiger partial charge in [-0.1, -0.05) is 17.7 Å². The number of ether oxygens (including phenoxy) is 1. The molecule has 2 aliphatic heterocycles. The van der Waals surface area contributed by atoms with Crippen molar-refractivity contribution in [2.45, 2.75) is 47.0 Å². The molecule has 0 radical (unpaired) electrons. The lowest BCUT2D eigenvalue weighted by Gasteiger charge is -2.30. The minimum Gasteiger partial charge on any atom is -0.461 e. The van der Waals surface area contributed by atoms with Crippen LogP contribution in [0, 0.1) is 20.8 Å². The molecule has 2 amide bonds. The van der Waals surface area contributed by atoms with Crippen LogP contribution in [-0.4, -0.2) is 47.3 Å². The Hall–Kier alpha value is -3.94. The third-order valence-electron chi connectivity index (χ3n) is 6.92. The molecule has 8 nitrogen and oxygen atoms in total. The second-order valence-corrected chi connectivity index (χ2v) is 9.42. The first-order chi connectivity index (χ1) is 17.3. The number of esters is 1. The number of carbonyl (C=O) groups is 3. The quantitative estimate of drug-likeness (QED) is 0.502. The Labute approximate surface area is 210 Å². The van der Waals surface area contributed by atoms with E-state index >= 15 is 0 Å². The maximum absolute atomic E-state index is 14.0. The summed E-state index contributed by atoms with van der Waals surface area (Å²) in [5.74, 6) is -0.605. The van der Waals surface area contributed by atoms with Gasteiger partial charge in [0.1, 0.15) is 5.69 Å². The summed E-state index contributed by atoms with van der Waals surface area (Å²) in [5.41, 5.74) is 6.55. The van der Waals surface area contributed by atoms with Gasteiger partial charge < -0.3 is 14.5 Å². The molecule has 0 spiro atoms. The number of amides is 2. The first-order valence-electron chi connectivity index (χ1n) is 12.4. The fourth-order valence-corrected chi connectivity index (χ4v) is 5.20. The van der Waals surface area contributed by atoms with Crippen LogP contribution in [0.3, 0.4) is 0 Å². The highest BCUT2D eigenvalue weighted by Crippen LogP contribution is 2.33. The number of rotatable bonds is 5. The largest absolute Gasteiger partial charge is 0.461 e. The Bertz CT molecular complexity index is 1390. The molecule has 1 saturated heterocycles. The lowest BCUT2D eigenvalue weighted by Crippen LogP contribution is -2.39. The molecule has 1 fully saturated rings. The van der Waals surface area contributed by atoms with Gasteiger partial charge in [0.15, 0.2) is 5.69 Å². The van der Waals surface area contributed by atoms with Gasteiger partial charge >= 0.3 is 5.97 Å². The van der Waals surface area contributed by atoms with Crippen LogP contribution in [0.2, 0.25) is 0 Å². The predicted octanol–water partition coefficient (Wildman–Crippen LogP) is 4.30. The number of hydrogen-bond donors (Lipinski definition) is 0. The number of aromatic nitrogens is 2. The van der Waals surface area contributed by atoms with Gasteiger partial charge in [-0.05, 0) is 75.9 Å². The molecule has 36 heavy (non-hydrogen) atoms. The Morgan fingerprint density at radius 2 is 1.69 bits per heavy atom. The number of benzene rings is 2. The molecule has 0 unspecified atom stereocenters. The summed E-state index contributed by atoms with van der Waals surface area (Å²) in [6.07, 6.45) is 1.91. The van der Waals surface area contributed by atoms with Gasteiger partial charge in [0, 0.05) is 36.4 Å². The standard InChI is InChI=1S/C28H30N4O4/c1-5-36-28(35)25-21-12-14-31(22-11-9-20(16-19(22)4)30-13-6-7-24(30)33)27(34)26(21)32(29-25)23-10-8-17(2)15-18(23)3/h8-11,15-16H,5-7,12-14H2,1-4H3. The lowest BCUT2D eigenvalue weighted by atomic mass is 10.0. The number of hydrogen-bond acceptors (Lipinski definition) is 5. The van der Waals surface area contributed by atoms with E-state index in [0.29, 0.717) is 30.6 Å². The van der Waals surface area contributed by atoms with E-state index in [1.165, 1.54) is 0 Å². The highest BCUT2D eigenvalue weighted by atomic mass is 16.5. The number of carbonyl (C=O) groups excluding carboxylic acids is 3. The molecule has 2 aromatic carbocycles. The maximum atomic E-state index is 14.0. The molecule has 5 rings (SSSR count). The average molecular weight is 487 g/mol. The molecule has 3 heterocycles. The summed E-state index contributed by atoms with van der Waals surface area (Å²) in [5, 5.41) is 4.60. The van der Waals surface area contributed by atoms with Gasteiger partial charge in [0.25, 0.3) is 5.91 Å². The van der Waals surface area contributed by atoms with Gasteiger partial charge in [0.2, 0.25) is 5.91 Å². The van der Waals surface area contributed by atoms with Crippen LogP contribution in [0.5, 0.6) is 0 Å².